The van der Waals surface area contributed by atoms with Crippen LogP contribution in [0.5, 0.6) is 5.75 Å². The van der Waals surface area contributed by atoms with Gasteiger partial charge in [0.1, 0.15) is 5.75 Å². The number of benzene rings is 2. The minimum Gasteiger partial charge on any atom is -0.496 e. The second-order valence-corrected chi connectivity index (χ2v) is 5.13. The smallest absolute Gasteiger partial charge is 0.228 e. The number of nitrogens with one attached hydrogen (secondary N) is 1. The van der Waals surface area contributed by atoms with Gasteiger partial charge >= 0.3 is 0 Å². The van der Waals surface area contributed by atoms with Crippen LogP contribution in [-0.2, 0) is 17.6 Å². The predicted molar refractivity (Wildman–Crippen MR) is 86.2 cm³/mol. The molecule has 0 aromatic heterocycles. The van der Waals surface area contributed by atoms with Gasteiger partial charge in [-0.3, -0.25) is 4.79 Å². The van der Waals surface area contributed by atoms with Crippen molar-refractivity contribution in [3.05, 3.63) is 58.6 Å². The molecule has 2 rings (SSSR count). The number of carbonyl (C=O) groups is 1. The molecule has 0 aliphatic carbocycles. The van der Waals surface area contributed by atoms with Crippen LogP contribution in [0.2, 0.25) is 5.02 Å². The van der Waals surface area contributed by atoms with Gasteiger partial charge in [0.15, 0.2) is 0 Å². The minimum atomic E-state index is -0.0866. The van der Waals surface area contributed by atoms with Gasteiger partial charge < -0.3 is 10.1 Å². The Balaban J connectivity index is 2.13. The maximum absolute atomic E-state index is 12.2. The topological polar surface area (TPSA) is 38.3 Å². The van der Waals surface area contributed by atoms with Crippen LogP contribution in [0, 0.1) is 0 Å². The Labute approximate surface area is 129 Å². The summed E-state index contributed by atoms with van der Waals surface area (Å²) in [6.45, 7) is 2.06. The van der Waals surface area contributed by atoms with E-state index in [4.69, 9.17) is 16.3 Å². The zero-order valence-electron chi connectivity index (χ0n) is 12.2. The van der Waals surface area contributed by atoms with E-state index in [1.165, 1.54) is 0 Å². The Morgan fingerprint density at radius 2 is 1.95 bits per heavy atom. The maximum atomic E-state index is 12.2. The third kappa shape index (κ3) is 3.99. The van der Waals surface area contributed by atoms with Crippen LogP contribution in [0.15, 0.2) is 42.5 Å². The largest absolute Gasteiger partial charge is 0.496 e. The number of hydrogen-bond acceptors (Lipinski definition) is 2. The van der Waals surface area contributed by atoms with E-state index in [1.54, 1.807) is 25.3 Å². The average molecular weight is 304 g/mol. The second-order valence-electron chi connectivity index (χ2n) is 4.69. The van der Waals surface area contributed by atoms with E-state index in [9.17, 15) is 4.79 Å². The molecule has 3 nitrogen and oxygen atoms in total. The van der Waals surface area contributed by atoms with E-state index in [-0.39, 0.29) is 12.3 Å². The Kier molecular flexibility index (Phi) is 5.23. The first kappa shape index (κ1) is 15.4. The molecule has 0 atom stereocenters. The third-order valence-electron chi connectivity index (χ3n) is 3.27. The van der Waals surface area contributed by atoms with Crippen molar-refractivity contribution in [3.63, 3.8) is 0 Å². The predicted octanol–water partition coefficient (Wildman–Crippen LogP) is 4.09. The molecule has 0 fully saturated rings. The molecular weight excluding hydrogens is 286 g/mol. The number of aryl methyl sites for hydroxylation is 1. The number of rotatable bonds is 5. The SMILES string of the molecule is CCc1ccccc1NC(=O)Cc1cc(Cl)ccc1OC. The lowest BCUT2D eigenvalue weighted by molar-refractivity contribution is -0.115. The average Bonchev–Trinajstić information content (AvgIpc) is 2.48. The summed E-state index contributed by atoms with van der Waals surface area (Å²) in [7, 11) is 1.58. The number of amides is 1. The van der Waals surface area contributed by atoms with E-state index in [0.717, 1.165) is 23.2 Å². The summed E-state index contributed by atoms with van der Waals surface area (Å²) >= 11 is 5.98. The highest BCUT2D eigenvalue weighted by molar-refractivity contribution is 6.30. The summed E-state index contributed by atoms with van der Waals surface area (Å²) < 4.78 is 5.26. The monoisotopic (exact) mass is 303 g/mol. The summed E-state index contributed by atoms with van der Waals surface area (Å²) in [4.78, 5) is 12.2. The maximum Gasteiger partial charge on any atom is 0.228 e. The number of methoxy groups -OCH3 is 1. The quantitative estimate of drug-likeness (QED) is 0.903. The molecule has 1 N–H and O–H groups in total. The van der Waals surface area contributed by atoms with Crippen LogP contribution in [0.4, 0.5) is 5.69 Å². The van der Waals surface area contributed by atoms with Gasteiger partial charge in [-0.1, -0.05) is 36.7 Å². The molecule has 2 aromatic carbocycles. The van der Waals surface area contributed by atoms with Crippen molar-refractivity contribution < 1.29 is 9.53 Å². The number of ether oxygens (including phenoxy) is 1. The number of halogens is 1. The van der Waals surface area contributed by atoms with Crippen LogP contribution < -0.4 is 10.1 Å². The lowest BCUT2D eigenvalue weighted by atomic mass is 10.1. The summed E-state index contributed by atoms with van der Waals surface area (Å²) in [5.74, 6) is 0.579. The molecule has 0 bridgehead atoms. The molecule has 0 heterocycles. The van der Waals surface area contributed by atoms with E-state index < -0.39 is 0 Å². The molecule has 0 aliphatic rings. The van der Waals surface area contributed by atoms with Crippen molar-refractivity contribution in [2.45, 2.75) is 19.8 Å². The van der Waals surface area contributed by atoms with E-state index in [1.807, 2.05) is 24.3 Å². The first-order valence-electron chi connectivity index (χ1n) is 6.84. The van der Waals surface area contributed by atoms with Gasteiger partial charge in [0.2, 0.25) is 5.91 Å². The van der Waals surface area contributed by atoms with Crippen LogP contribution in [-0.4, -0.2) is 13.0 Å². The van der Waals surface area contributed by atoms with Crippen LogP contribution in [0.3, 0.4) is 0 Å². The van der Waals surface area contributed by atoms with Crippen LogP contribution in [0.25, 0.3) is 0 Å². The fourth-order valence-corrected chi connectivity index (χ4v) is 2.40. The molecular formula is C17H18ClNO2. The van der Waals surface area contributed by atoms with Crippen molar-refractivity contribution in [3.8, 4) is 5.75 Å². The van der Waals surface area contributed by atoms with E-state index in [2.05, 4.69) is 12.2 Å². The van der Waals surface area contributed by atoms with E-state index >= 15 is 0 Å². The third-order valence-corrected chi connectivity index (χ3v) is 3.50. The number of para-hydroxylation sites is 1. The van der Waals surface area contributed by atoms with Gasteiger partial charge in [0.05, 0.1) is 13.5 Å². The van der Waals surface area contributed by atoms with Crippen molar-refractivity contribution >= 4 is 23.2 Å². The number of anilines is 1. The highest BCUT2D eigenvalue weighted by atomic mass is 35.5. The Hall–Kier alpha value is -2.00. The fourth-order valence-electron chi connectivity index (χ4n) is 2.20. The Morgan fingerprint density at radius 1 is 1.19 bits per heavy atom. The van der Waals surface area contributed by atoms with Crippen molar-refractivity contribution in [2.24, 2.45) is 0 Å². The molecule has 2 aromatic rings. The Morgan fingerprint density at radius 3 is 2.67 bits per heavy atom. The van der Waals surface area contributed by atoms with E-state index in [0.29, 0.717) is 10.8 Å². The summed E-state index contributed by atoms with van der Waals surface area (Å²) in [5.41, 5.74) is 2.74. The standard InChI is InChI=1S/C17H18ClNO2/c1-3-12-6-4-5-7-15(12)19-17(20)11-13-10-14(18)8-9-16(13)21-2/h4-10H,3,11H2,1-2H3,(H,19,20). The summed E-state index contributed by atoms with van der Waals surface area (Å²) in [5, 5.41) is 3.53. The van der Waals surface area contributed by atoms with Crippen LogP contribution >= 0.6 is 11.6 Å². The molecule has 0 aliphatic heterocycles. The molecule has 110 valence electrons. The second kappa shape index (κ2) is 7.14. The summed E-state index contributed by atoms with van der Waals surface area (Å²) in [6.07, 6.45) is 1.10. The van der Waals surface area contributed by atoms with Crippen molar-refractivity contribution in [1.29, 1.82) is 0 Å². The lowest BCUT2D eigenvalue weighted by Crippen LogP contribution is -2.16. The minimum absolute atomic E-state index is 0.0866. The molecule has 21 heavy (non-hydrogen) atoms. The molecule has 1 amide bonds. The van der Waals surface area contributed by atoms with Gasteiger partial charge in [-0.25, -0.2) is 0 Å². The van der Waals surface area contributed by atoms with Crippen molar-refractivity contribution in [1.82, 2.24) is 0 Å². The highest BCUT2D eigenvalue weighted by Gasteiger charge is 2.11. The van der Waals surface area contributed by atoms with Gasteiger partial charge in [0.25, 0.3) is 0 Å². The molecule has 0 saturated heterocycles. The van der Waals surface area contributed by atoms with Gasteiger partial charge in [0, 0.05) is 16.3 Å². The number of carbonyl (C=O) groups excluding carboxylic acids is 1. The lowest BCUT2D eigenvalue weighted by Gasteiger charge is -2.11. The molecule has 0 unspecified atom stereocenters. The zero-order chi connectivity index (χ0) is 15.2. The molecule has 0 radical (unpaired) electrons. The normalized spacial score (nSPS) is 10.2. The van der Waals surface area contributed by atoms with Gasteiger partial charge in [-0.15, -0.1) is 0 Å². The Bertz CT molecular complexity index is 640. The number of hydrogen-bond donors (Lipinski definition) is 1. The van der Waals surface area contributed by atoms with Crippen molar-refractivity contribution in [2.75, 3.05) is 12.4 Å². The first-order chi connectivity index (χ1) is 10.1. The molecule has 4 heteroatoms. The summed E-state index contributed by atoms with van der Waals surface area (Å²) in [6, 6.07) is 13.1. The first-order valence-corrected chi connectivity index (χ1v) is 7.22. The fraction of sp³-hybridized carbons (Fsp3) is 0.235. The molecule has 0 saturated carbocycles. The highest BCUT2D eigenvalue weighted by Crippen LogP contribution is 2.24. The van der Waals surface area contributed by atoms with Crippen LogP contribution in [0.1, 0.15) is 18.1 Å². The van der Waals surface area contributed by atoms with Gasteiger partial charge in [-0.2, -0.15) is 0 Å². The van der Waals surface area contributed by atoms with Gasteiger partial charge in [-0.05, 0) is 36.2 Å². The zero-order valence-corrected chi connectivity index (χ0v) is 12.9. The molecule has 0 spiro atoms.